The summed E-state index contributed by atoms with van der Waals surface area (Å²) in [6, 6.07) is 19.9. The maximum atomic E-state index is 12.4. The number of hydrogen-bond acceptors (Lipinski definition) is 6. The van der Waals surface area contributed by atoms with Gasteiger partial charge in [-0.15, -0.1) is 0 Å². The summed E-state index contributed by atoms with van der Waals surface area (Å²) in [4.78, 5) is 0.0577. The van der Waals surface area contributed by atoms with E-state index in [2.05, 4.69) is 39.8 Å². The number of hydrogen-bond donors (Lipinski definition) is 0. The minimum absolute atomic E-state index is 0. The van der Waals surface area contributed by atoms with Crippen LogP contribution in [0, 0.1) is 0 Å². The third-order valence-corrected chi connectivity index (χ3v) is 20.9. The van der Waals surface area contributed by atoms with Gasteiger partial charge in [0.2, 0.25) is 0 Å². The molecule has 0 aliphatic heterocycles. The Kier molecular flexibility index (Phi) is 52.8. The van der Waals surface area contributed by atoms with Crippen LogP contribution in [0.3, 0.4) is 0 Å². The van der Waals surface area contributed by atoms with E-state index in [4.69, 9.17) is 0 Å². The van der Waals surface area contributed by atoms with E-state index in [0.717, 1.165) is 73.3 Å². The molecule has 0 amide bonds. The van der Waals surface area contributed by atoms with Crippen LogP contribution in [0.5, 0.6) is 0 Å². The summed E-state index contributed by atoms with van der Waals surface area (Å²) in [5, 5.41) is 2.95. The molecule has 0 saturated heterocycles. The monoisotopic (exact) mass is 1390 g/mol. The van der Waals surface area contributed by atoms with Crippen molar-refractivity contribution in [2.75, 3.05) is 0 Å². The minimum atomic E-state index is -4.54. The molecule has 0 aromatic heterocycles. The average molecular weight is 1390 g/mol. The third kappa shape index (κ3) is 41.4. The van der Waals surface area contributed by atoms with Gasteiger partial charge in [-0.25, -0.2) is 16.8 Å². The van der Waals surface area contributed by atoms with E-state index in [9.17, 15) is 25.9 Å². The molecule has 0 atom stereocenters. The van der Waals surface area contributed by atoms with Crippen molar-refractivity contribution in [2.24, 2.45) is 0 Å². The molecule has 504 valence electrons. The van der Waals surface area contributed by atoms with Gasteiger partial charge in [0.15, 0.2) is 0 Å². The normalized spacial score (nSPS) is 11.8. The Morgan fingerprint density at radius 2 is 0.427 bits per heavy atom. The Bertz CT molecular complexity index is 2360. The molecule has 0 heterocycles. The molecule has 0 fully saturated rings. The first kappa shape index (κ1) is 83.9. The fourth-order valence-corrected chi connectivity index (χ4v) is 15.3. The van der Waals surface area contributed by atoms with Crippen molar-refractivity contribution in [1.82, 2.24) is 0 Å². The van der Waals surface area contributed by atoms with Gasteiger partial charge in [-0.05, 0) is 107 Å². The summed E-state index contributed by atoms with van der Waals surface area (Å²) in [6.07, 6.45) is 71.2. The van der Waals surface area contributed by atoms with Crippen molar-refractivity contribution >= 4 is 90.7 Å². The second-order valence-electron chi connectivity index (χ2n) is 27.1. The summed E-state index contributed by atoms with van der Waals surface area (Å²) in [5.41, 5.74) is 3.69. The van der Waals surface area contributed by atoms with Crippen molar-refractivity contribution in [2.45, 2.75) is 397 Å². The van der Waals surface area contributed by atoms with E-state index in [-0.39, 0.29) is 58.7 Å². The molecule has 4 aromatic rings. The predicted molar refractivity (Wildman–Crippen MR) is 387 cm³/mol. The van der Waals surface area contributed by atoms with Crippen LogP contribution in [-0.2, 0) is 45.9 Å². The van der Waals surface area contributed by atoms with Crippen LogP contribution >= 0.6 is 0 Å². The topological polar surface area (TPSA) is 114 Å². The van der Waals surface area contributed by atoms with E-state index in [1.54, 1.807) is 0 Å². The Hall–Kier alpha value is -1.21. The minimum Gasteiger partial charge on any atom is -0.744 e. The van der Waals surface area contributed by atoms with Gasteiger partial charge in [-0.1, -0.05) is 384 Å². The van der Waals surface area contributed by atoms with Crippen molar-refractivity contribution < 1.29 is 25.9 Å². The molecule has 4 rings (SSSR count). The SMILES string of the molecule is CCCCCCCCCCCCCCCc1ccc2ccc(CCCCCCCCCCCCCCC)c(S(=O)(=O)[O-])c2c1.CCCCCCCCCCCCCCCc1ccc2ccc(CCCCCCCCCCCCCCC)c(S(=O)(=O)[O-])c2c1.[Ba+2]. The zero-order valence-corrected chi connectivity index (χ0v) is 64.4. The van der Waals surface area contributed by atoms with Gasteiger partial charge >= 0.3 is 48.9 Å². The van der Waals surface area contributed by atoms with Crippen molar-refractivity contribution in [3.05, 3.63) is 82.9 Å². The maximum Gasteiger partial charge on any atom is 2.00 e. The summed E-state index contributed by atoms with van der Waals surface area (Å²) in [6.45, 7) is 9.08. The van der Waals surface area contributed by atoms with Crippen LogP contribution in [0.15, 0.2) is 70.5 Å². The summed E-state index contributed by atoms with van der Waals surface area (Å²) >= 11 is 0. The molecule has 0 bridgehead atoms. The second kappa shape index (κ2) is 56.0. The van der Waals surface area contributed by atoms with Gasteiger partial charge < -0.3 is 9.11 Å². The first-order valence-corrected chi connectivity index (χ1v) is 40.8. The fourth-order valence-electron chi connectivity index (χ4n) is 13.4. The molecule has 6 nitrogen and oxygen atoms in total. The number of aryl methyl sites for hydroxylation is 4. The molecule has 0 unspecified atom stereocenters. The first-order valence-electron chi connectivity index (χ1n) is 37.9. The molecular weight excluding hydrogens is 1260 g/mol. The standard InChI is InChI=1S/2C40H68O3S.Ba/c2*1-3-5-7-9-11-13-15-17-19-21-23-25-27-29-36-31-32-37-33-34-38(40(39(37)35-36)44(41,42)43)30-28-26-24-22-20-18-16-14-12-10-8-6-4-2;/h2*31-35H,3-30H2,1-2H3,(H,41,42,43);/q;;+2/p-2. The Labute approximate surface area is 591 Å². The van der Waals surface area contributed by atoms with E-state index in [1.165, 1.54) is 295 Å². The summed E-state index contributed by atoms with van der Waals surface area (Å²) in [5.74, 6) is 0. The van der Waals surface area contributed by atoms with Gasteiger partial charge in [0, 0.05) is 0 Å². The van der Waals surface area contributed by atoms with Crippen LogP contribution in [0.2, 0.25) is 0 Å². The first-order chi connectivity index (χ1) is 42.9. The van der Waals surface area contributed by atoms with Crippen LogP contribution < -0.4 is 0 Å². The van der Waals surface area contributed by atoms with Crippen LogP contribution in [0.4, 0.5) is 0 Å². The fraction of sp³-hybridized carbons (Fsp3) is 0.750. The second-order valence-corrected chi connectivity index (χ2v) is 29.7. The summed E-state index contributed by atoms with van der Waals surface area (Å²) < 4.78 is 74.7. The Balaban J connectivity index is 0.000000600. The van der Waals surface area contributed by atoms with E-state index in [1.807, 2.05) is 48.5 Å². The largest absolute Gasteiger partial charge is 2.00 e. The van der Waals surface area contributed by atoms with Gasteiger partial charge in [0.25, 0.3) is 0 Å². The van der Waals surface area contributed by atoms with Crippen LogP contribution in [0.25, 0.3) is 21.5 Å². The molecule has 0 spiro atoms. The number of unbranched alkanes of at least 4 members (excludes halogenated alkanes) is 48. The smallest absolute Gasteiger partial charge is 0.744 e. The number of rotatable bonds is 58. The Morgan fingerprint density at radius 1 is 0.247 bits per heavy atom. The maximum absolute atomic E-state index is 12.4. The van der Waals surface area contributed by atoms with Crippen molar-refractivity contribution in [3.63, 3.8) is 0 Å². The van der Waals surface area contributed by atoms with E-state index in [0.29, 0.717) is 34.7 Å². The quantitative estimate of drug-likeness (QED) is 0.0247. The van der Waals surface area contributed by atoms with Gasteiger partial charge in [-0.3, -0.25) is 0 Å². The van der Waals surface area contributed by atoms with Crippen LogP contribution in [0.1, 0.15) is 384 Å². The van der Waals surface area contributed by atoms with Crippen molar-refractivity contribution in [3.8, 4) is 0 Å². The molecule has 4 aromatic carbocycles. The van der Waals surface area contributed by atoms with E-state index < -0.39 is 20.2 Å². The summed E-state index contributed by atoms with van der Waals surface area (Å²) in [7, 11) is -9.09. The zero-order valence-electron chi connectivity index (χ0n) is 58.3. The number of benzene rings is 4. The molecule has 0 N–H and O–H groups in total. The molecule has 0 saturated carbocycles. The average Bonchev–Trinajstić information content (AvgIpc) is 0.998. The number of fused-ring (bicyclic) bond motifs is 2. The van der Waals surface area contributed by atoms with E-state index >= 15 is 0 Å². The molecule has 89 heavy (non-hydrogen) atoms. The predicted octanol–water partition coefficient (Wildman–Crippen LogP) is 25.6. The molecule has 0 aliphatic carbocycles. The Morgan fingerprint density at radius 3 is 0.629 bits per heavy atom. The molecular formula is C80H134BaO6S2. The van der Waals surface area contributed by atoms with Crippen LogP contribution in [-0.4, -0.2) is 74.8 Å². The van der Waals surface area contributed by atoms with Gasteiger partial charge in [-0.2, -0.15) is 0 Å². The molecule has 0 aliphatic rings. The van der Waals surface area contributed by atoms with Crippen molar-refractivity contribution in [1.29, 1.82) is 0 Å². The third-order valence-electron chi connectivity index (χ3n) is 19.0. The molecule has 0 radical (unpaired) electrons. The zero-order chi connectivity index (χ0) is 63.4. The van der Waals surface area contributed by atoms with Gasteiger partial charge in [0.05, 0.1) is 9.79 Å². The molecule has 9 heteroatoms. The van der Waals surface area contributed by atoms with Gasteiger partial charge in [0.1, 0.15) is 20.2 Å².